The molecule has 0 atom stereocenters. The summed E-state index contributed by atoms with van der Waals surface area (Å²) in [6, 6.07) is 29.0. The summed E-state index contributed by atoms with van der Waals surface area (Å²) in [5.74, 6) is 1.54. The van der Waals surface area contributed by atoms with Crippen LogP contribution in [0.5, 0.6) is 11.5 Å². The zero-order valence-corrected chi connectivity index (χ0v) is 33.6. The Labute approximate surface area is 302 Å². The molecule has 0 spiro atoms. The number of rotatable bonds is 4. The van der Waals surface area contributed by atoms with E-state index in [2.05, 4.69) is 90.1 Å². The van der Waals surface area contributed by atoms with Crippen LogP contribution in [0.25, 0.3) is 66.4 Å². The average molecular weight is 743 g/mol. The first-order chi connectivity index (χ1) is 23.4. The third kappa shape index (κ3) is 6.82. The number of para-hydroxylation sites is 2. The van der Waals surface area contributed by atoms with Crippen LogP contribution < -0.4 is 9.47 Å². The van der Waals surface area contributed by atoms with Crippen molar-refractivity contribution < 1.29 is 24.6 Å². The molecule has 246 valence electrons. The van der Waals surface area contributed by atoms with Gasteiger partial charge < -0.3 is 9.47 Å². The van der Waals surface area contributed by atoms with Gasteiger partial charge in [-0.3, -0.25) is 0 Å². The van der Waals surface area contributed by atoms with Gasteiger partial charge in [-0.15, -0.1) is 0 Å². The number of hydrogen-bond acceptors (Lipinski definition) is 6. The third-order valence-electron chi connectivity index (χ3n) is 8.78. The molecule has 0 saturated carbocycles. The Kier molecular flexibility index (Phi) is 9.83. The molecule has 7 rings (SSSR count). The Morgan fingerprint density at radius 2 is 0.878 bits per heavy atom. The van der Waals surface area contributed by atoms with Crippen LogP contribution in [0.2, 0.25) is 0 Å². The monoisotopic (exact) mass is 740 g/mol. The van der Waals surface area contributed by atoms with Gasteiger partial charge in [0.1, 0.15) is 11.5 Å². The zero-order valence-electron chi connectivity index (χ0n) is 29.2. The summed E-state index contributed by atoms with van der Waals surface area (Å²) in [4.78, 5) is 20.9. The minimum atomic E-state index is -0.931. The van der Waals surface area contributed by atoms with Gasteiger partial charge in [-0.2, -0.15) is 0 Å². The molecule has 3 aromatic heterocycles. The summed E-state index contributed by atoms with van der Waals surface area (Å²) in [5.41, 5.74) is 10.7. The predicted octanol–water partition coefficient (Wildman–Crippen LogP) is 11.2. The van der Waals surface area contributed by atoms with E-state index in [1.165, 1.54) is 11.1 Å². The molecule has 6 nitrogen and oxygen atoms in total. The maximum absolute atomic E-state index is 5.83. The Morgan fingerprint density at radius 1 is 0.510 bits per heavy atom. The first-order valence-corrected chi connectivity index (χ1v) is 24.0. The summed E-state index contributed by atoms with van der Waals surface area (Å²) in [5, 5.41) is 1.80. The van der Waals surface area contributed by atoms with Crippen LogP contribution >= 0.6 is 19.4 Å². The fourth-order valence-electron chi connectivity index (χ4n) is 6.09. The third-order valence-corrected chi connectivity index (χ3v) is 8.78. The molecule has 0 unspecified atom stereocenters. The Balaban J connectivity index is 0.00000134. The Morgan fingerprint density at radius 3 is 1.22 bits per heavy atom. The Bertz CT molecular complexity index is 2190. The summed E-state index contributed by atoms with van der Waals surface area (Å²) < 4.78 is 11.7. The van der Waals surface area contributed by atoms with Gasteiger partial charge in [-0.05, 0) is 82.6 Å². The van der Waals surface area contributed by atoms with Crippen molar-refractivity contribution in [3.63, 3.8) is 0 Å². The maximum atomic E-state index is 5.83. The van der Waals surface area contributed by atoms with E-state index < -0.39 is 15.1 Å². The van der Waals surface area contributed by atoms with Crippen molar-refractivity contribution in [2.75, 3.05) is 14.2 Å². The number of benzene rings is 4. The molecule has 0 bridgehead atoms. The second kappa shape index (κ2) is 13.8. The molecule has 4 aromatic carbocycles. The van der Waals surface area contributed by atoms with Crippen LogP contribution in [-0.4, -0.2) is 34.2 Å². The van der Waals surface area contributed by atoms with Crippen LogP contribution in [0.1, 0.15) is 52.7 Å². The van der Waals surface area contributed by atoms with Crippen LogP contribution in [-0.2, 0) is 26.0 Å². The molecule has 0 aliphatic heterocycles. The summed E-state index contributed by atoms with van der Waals surface area (Å²) in [6.45, 7) is 13.3. The molecular weight excluding hydrogens is 705 g/mol. The van der Waals surface area contributed by atoms with E-state index in [0.717, 1.165) is 77.9 Å². The minimum absolute atomic E-state index is 0.0332. The number of pyridine rings is 2. The molecule has 0 fully saturated rings. The van der Waals surface area contributed by atoms with E-state index >= 15 is 0 Å². The zero-order chi connectivity index (χ0) is 35.1. The normalized spacial score (nSPS) is 11.8. The van der Waals surface area contributed by atoms with Crippen LogP contribution in [0, 0.1) is 0 Å². The number of aromatic nitrogens is 4. The van der Waals surface area contributed by atoms with Gasteiger partial charge in [0, 0.05) is 21.9 Å². The first kappa shape index (κ1) is 34.9. The molecule has 0 amide bonds. The topological polar surface area (TPSA) is 70.0 Å². The summed E-state index contributed by atoms with van der Waals surface area (Å²) in [7, 11) is 13.3. The second-order valence-corrected chi connectivity index (χ2v) is 18.6. The Hall–Kier alpha value is -3.90. The molecule has 3 heterocycles. The average Bonchev–Trinajstić information content (AvgIpc) is 3.09. The predicted molar refractivity (Wildman–Crippen MR) is 201 cm³/mol. The van der Waals surface area contributed by atoms with Crippen LogP contribution in [0.15, 0.2) is 84.9 Å². The van der Waals surface area contributed by atoms with Crippen molar-refractivity contribution >= 4 is 63.3 Å². The van der Waals surface area contributed by atoms with Gasteiger partial charge in [-0.25, -0.2) is 19.9 Å². The molecule has 0 aliphatic carbocycles. The molecular formula is C40H38Cl2N4O2Zn. The van der Waals surface area contributed by atoms with Gasteiger partial charge in [0.2, 0.25) is 0 Å². The van der Waals surface area contributed by atoms with Crippen molar-refractivity contribution in [1.82, 2.24) is 19.9 Å². The van der Waals surface area contributed by atoms with E-state index in [1.807, 2.05) is 36.4 Å². The fraction of sp³-hybridized carbons (Fsp3) is 0.250. The van der Waals surface area contributed by atoms with Crippen molar-refractivity contribution in [1.29, 1.82) is 0 Å². The molecule has 49 heavy (non-hydrogen) atoms. The molecule has 7 aromatic rings. The standard InChI is InChI=1S/C40H38N4O2.2ClH.Zn/c1-39(2,3)23-13-19-33(45-7)27(21-23)29-17-15-25-35(41-29)36-26(38-37(25)43-31-11-9-10-12-32(31)44-38)16-18-30(42-36)28-22-24(40(4,5)6)14-20-34(28)46-8;;;/h9-22H,1-8H3;2*1H;/q;;;+2/p-2. The SMILES string of the molecule is COc1ccc(C(C)(C)C)cc1-c1ccc2c(n1)c1nc(-c3cc(C(C)(C)C)ccc3OC)ccc1c1nc3ccccc3nc21.[Cl][Zn][Cl]. The van der Waals surface area contributed by atoms with Crippen LogP contribution in [0.4, 0.5) is 0 Å². The van der Waals surface area contributed by atoms with E-state index in [9.17, 15) is 0 Å². The van der Waals surface area contributed by atoms with E-state index in [4.69, 9.17) is 48.8 Å². The van der Waals surface area contributed by atoms with Crippen molar-refractivity contribution in [3.05, 3.63) is 96.1 Å². The van der Waals surface area contributed by atoms with Gasteiger partial charge in [-0.1, -0.05) is 65.8 Å². The van der Waals surface area contributed by atoms with Gasteiger partial charge >= 0.3 is 34.5 Å². The van der Waals surface area contributed by atoms with Gasteiger partial charge in [0.05, 0.1) is 58.7 Å². The van der Waals surface area contributed by atoms with Crippen molar-refractivity contribution in [2.24, 2.45) is 0 Å². The summed E-state index contributed by atoms with van der Waals surface area (Å²) >= 11 is -0.931. The summed E-state index contributed by atoms with van der Waals surface area (Å²) in [6.07, 6.45) is 0. The van der Waals surface area contributed by atoms with Crippen LogP contribution in [0.3, 0.4) is 0 Å². The molecule has 0 saturated heterocycles. The number of fused-ring (bicyclic) bond motifs is 7. The molecule has 0 aliphatic rings. The molecule has 9 heteroatoms. The first-order valence-electron chi connectivity index (χ1n) is 16.2. The fourth-order valence-corrected chi connectivity index (χ4v) is 6.09. The quantitative estimate of drug-likeness (QED) is 0.102. The van der Waals surface area contributed by atoms with E-state index in [0.29, 0.717) is 0 Å². The number of halogens is 2. The molecule has 0 radical (unpaired) electrons. The van der Waals surface area contributed by atoms with Gasteiger partial charge in [0.25, 0.3) is 0 Å². The number of nitrogens with zero attached hydrogens (tertiary/aromatic N) is 4. The van der Waals surface area contributed by atoms with Crippen molar-refractivity contribution in [2.45, 2.75) is 52.4 Å². The number of hydrogen-bond donors (Lipinski definition) is 0. The molecule has 0 N–H and O–H groups in total. The number of methoxy groups -OCH3 is 2. The number of ether oxygens (including phenoxy) is 2. The van der Waals surface area contributed by atoms with Gasteiger partial charge in [0.15, 0.2) is 0 Å². The van der Waals surface area contributed by atoms with E-state index in [1.54, 1.807) is 14.2 Å². The van der Waals surface area contributed by atoms with E-state index in [-0.39, 0.29) is 10.8 Å². The van der Waals surface area contributed by atoms with Crippen molar-refractivity contribution in [3.8, 4) is 34.0 Å². The second-order valence-electron chi connectivity index (χ2n) is 14.0.